The third-order valence-corrected chi connectivity index (χ3v) is 4.92. The molecule has 1 atom stereocenters. The van der Waals surface area contributed by atoms with E-state index in [1.54, 1.807) is 0 Å². The van der Waals surface area contributed by atoms with Crippen LogP contribution in [0.15, 0.2) is 24.3 Å². The molecule has 2 heterocycles. The first-order valence-corrected chi connectivity index (χ1v) is 8.19. The number of carbonyl (C=O) groups excluding carboxylic acids is 1. The Bertz CT molecular complexity index is 668. The normalized spacial score (nSPS) is 18.7. The highest BCUT2D eigenvalue weighted by atomic mass is 16.1. The maximum Gasteiger partial charge on any atom is 0.182 e. The van der Waals surface area contributed by atoms with Crippen molar-refractivity contribution in [1.29, 1.82) is 0 Å². The van der Waals surface area contributed by atoms with Gasteiger partial charge < -0.3 is 9.88 Å². The number of nitrogens with zero attached hydrogens (tertiary/aromatic N) is 2. The summed E-state index contributed by atoms with van der Waals surface area (Å²) < 4.78 is 0. The Morgan fingerprint density at radius 1 is 1.23 bits per heavy atom. The van der Waals surface area contributed by atoms with Crippen LogP contribution in [0.1, 0.15) is 29.9 Å². The molecule has 0 spiro atoms. The predicted molar refractivity (Wildman–Crippen MR) is 90.5 cm³/mol. The smallest absolute Gasteiger partial charge is 0.182 e. The molecule has 1 fully saturated rings. The molecule has 0 amide bonds. The van der Waals surface area contributed by atoms with Crippen molar-refractivity contribution >= 4 is 16.7 Å². The second-order valence-electron chi connectivity index (χ2n) is 6.18. The lowest BCUT2D eigenvalue weighted by atomic mass is 10.0. The lowest BCUT2D eigenvalue weighted by Gasteiger charge is -2.37. The van der Waals surface area contributed by atoms with Crippen LogP contribution in [0.3, 0.4) is 0 Å². The van der Waals surface area contributed by atoms with E-state index in [-0.39, 0.29) is 11.8 Å². The average molecular weight is 299 g/mol. The van der Waals surface area contributed by atoms with Gasteiger partial charge in [0, 0.05) is 48.3 Å². The fourth-order valence-corrected chi connectivity index (χ4v) is 3.44. The summed E-state index contributed by atoms with van der Waals surface area (Å²) in [5.41, 5.74) is 2.89. The van der Waals surface area contributed by atoms with Gasteiger partial charge in [0.25, 0.3) is 0 Å². The molecule has 4 heteroatoms. The molecule has 1 aromatic carbocycles. The number of hydrogen-bond donors (Lipinski definition) is 1. The number of aromatic amines is 1. The van der Waals surface area contributed by atoms with Gasteiger partial charge >= 0.3 is 0 Å². The van der Waals surface area contributed by atoms with Crippen LogP contribution >= 0.6 is 0 Å². The first-order chi connectivity index (χ1) is 10.6. The van der Waals surface area contributed by atoms with E-state index in [0.717, 1.165) is 54.9 Å². The van der Waals surface area contributed by atoms with Crippen molar-refractivity contribution in [1.82, 2.24) is 14.8 Å². The van der Waals surface area contributed by atoms with Crippen molar-refractivity contribution in [3.05, 3.63) is 35.5 Å². The molecule has 3 rings (SSSR count). The van der Waals surface area contributed by atoms with Crippen LogP contribution in [0.25, 0.3) is 10.9 Å². The number of H-pyrrole nitrogens is 1. The maximum absolute atomic E-state index is 13.0. The number of likely N-dealkylation sites (N-methyl/N-ethyl adjacent to an activating group) is 1. The number of aryl methyl sites for hydroxylation is 1. The highest BCUT2D eigenvalue weighted by Gasteiger charge is 2.28. The number of aromatic nitrogens is 1. The fourth-order valence-electron chi connectivity index (χ4n) is 3.44. The Labute approximate surface area is 132 Å². The molecule has 0 bridgehead atoms. The summed E-state index contributed by atoms with van der Waals surface area (Å²) in [6.45, 7) is 11.4. The Balaban J connectivity index is 1.82. The standard InChI is InChI=1S/C18H25N3O/c1-4-20-9-11-21(12-10-20)14(3)18(22)17-13(2)19-16-8-6-5-7-15(16)17/h5-8,14,19H,4,9-12H2,1-3H3. The average Bonchev–Trinajstić information content (AvgIpc) is 2.89. The van der Waals surface area contributed by atoms with Crippen molar-refractivity contribution < 1.29 is 4.79 Å². The molecule has 1 N–H and O–H groups in total. The van der Waals surface area contributed by atoms with Gasteiger partial charge in [0.05, 0.1) is 6.04 Å². The molecule has 0 aliphatic carbocycles. The molecule has 22 heavy (non-hydrogen) atoms. The van der Waals surface area contributed by atoms with Crippen LogP contribution < -0.4 is 0 Å². The van der Waals surface area contributed by atoms with Crippen molar-refractivity contribution in [2.24, 2.45) is 0 Å². The van der Waals surface area contributed by atoms with Gasteiger partial charge in [-0.05, 0) is 26.5 Å². The molecule has 1 aliphatic rings. The zero-order chi connectivity index (χ0) is 15.7. The second kappa shape index (κ2) is 6.23. The Hall–Kier alpha value is -1.65. The number of benzene rings is 1. The monoisotopic (exact) mass is 299 g/mol. The molecule has 118 valence electrons. The highest BCUT2D eigenvalue weighted by Crippen LogP contribution is 2.24. The molecule has 0 saturated carbocycles. The largest absolute Gasteiger partial charge is 0.358 e. The summed E-state index contributed by atoms with van der Waals surface area (Å²) >= 11 is 0. The van der Waals surface area contributed by atoms with E-state index in [1.165, 1.54) is 0 Å². The Morgan fingerprint density at radius 3 is 2.59 bits per heavy atom. The third-order valence-electron chi connectivity index (χ3n) is 4.92. The van der Waals surface area contributed by atoms with E-state index < -0.39 is 0 Å². The number of para-hydroxylation sites is 1. The summed E-state index contributed by atoms with van der Waals surface area (Å²) in [5, 5.41) is 1.05. The number of piperazine rings is 1. The molecule has 1 aliphatic heterocycles. The van der Waals surface area contributed by atoms with Crippen LogP contribution in [0.2, 0.25) is 0 Å². The van der Waals surface area contributed by atoms with Crippen LogP contribution in [-0.4, -0.2) is 59.3 Å². The third kappa shape index (κ3) is 2.69. The van der Waals surface area contributed by atoms with Gasteiger partial charge in [-0.25, -0.2) is 0 Å². The SMILES string of the molecule is CCN1CCN(C(C)C(=O)c2c(C)[nH]c3ccccc23)CC1. The molecular weight excluding hydrogens is 274 g/mol. The number of fused-ring (bicyclic) bond motifs is 1. The number of ketones is 1. The van der Waals surface area contributed by atoms with Crippen LogP contribution in [-0.2, 0) is 0 Å². The number of Topliss-reactive ketones (excluding diaryl/α,β-unsaturated/α-hetero) is 1. The summed E-state index contributed by atoms with van der Waals surface area (Å²) in [7, 11) is 0. The lowest BCUT2D eigenvalue weighted by Crippen LogP contribution is -2.51. The van der Waals surface area contributed by atoms with E-state index in [9.17, 15) is 4.79 Å². The molecule has 1 saturated heterocycles. The van der Waals surface area contributed by atoms with Gasteiger partial charge in [-0.2, -0.15) is 0 Å². The maximum atomic E-state index is 13.0. The number of carbonyl (C=O) groups is 1. The number of rotatable bonds is 4. The highest BCUT2D eigenvalue weighted by molar-refractivity contribution is 6.11. The minimum absolute atomic E-state index is 0.0584. The summed E-state index contributed by atoms with van der Waals surface area (Å²) in [6.07, 6.45) is 0. The topological polar surface area (TPSA) is 39.3 Å². The van der Waals surface area contributed by atoms with Gasteiger partial charge in [0.2, 0.25) is 0 Å². The predicted octanol–water partition coefficient (Wildman–Crippen LogP) is 2.69. The van der Waals surface area contributed by atoms with Crippen molar-refractivity contribution in [2.45, 2.75) is 26.8 Å². The van der Waals surface area contributed by atoms with Gasteiger partial charge in [-0.15, -0.1) is 0 Å². The van der Waals surface area contributed by atoms with Crippen molar-refractivity contribution in [3.63, 3.8) is 0 Å². The van der Waals surface area contributed by atoms with Crippen LogP contribution in [0, 0.1) is 6.92 Å². The van der Waals surface area contributed by atoms with Gasteiger partial charge in [-0.1, -0.05) is 25.1 Å². The van der Waals surface area contributed by atoms with Gasteiger partial charge in [0.15, 0.2) is 5.78 Å². The molecule has 4 nitrogen and oxygen atoms in total. The zero-order valence-corrected chi connectivity index (χ0v) is 13.7. The second-order valence-corrected chi connectivity index (χ2v) is 6.18. The van der Waals surface area contributed by atoms with Gasteiger partial charge in [0.1, 0.15) is 0 Å². The fraction of sp³-hybridized carbons (Fsp3) is 0.500. The van der Waals surface area contributed by atoms with Crippen molar-refractivity contribution in [2.75, 3.05) is 32.7 Å². The quantitative estimate of drug-likeness (QED) is 0.882. The van der Waals surface area contributed by atoms with Crippen LogP contribution in [0.5, 0.6) is 0 Å². The lowest BCUT2D eigenvalue weighted by molar-refractivity contribution is 0.0711. The molecule has 0 radical (unpaired) electrons. The van der Waals surface area contributed by atoms with Crippen molar-refractivity contribution in [3.8, 4) is 0 Å². The Kier molecular flexibility index (Phi) is 4.32. The summed E-state index contributed by atoms with van der Waals surface area (Å²) in [4.78, 5) is 21.1. The molecule has 1 aromatic heterocycles. The number of nitrogens with one attached hydrogen (secondary N) is 1. The van der Waals surface area contributed by atoms with E-state index in [0.29, 0.717) is 0 Å². The Morgan fingerprint density at radius 2 is 1.91 bits per heavy atom. The molecular formula is C18H25N3O. The molecule has 2 aromatic rings. The zero-order valence-electron chi connectivity index (χ0n) is 13.7. The minimum Gasteiger partial charge on any atom is -0.358 e. The first-order valence-electron chi connectivity index (χ1n) is 8.19. The van der Waals surface area contributed by atoms with E-state index >= 15 is 0 Å². The number of hydrogen-bond acceptors (Lipinski definition) is 3. The van der Waals surface area contributed by atoms with E-state index in [2.05, 4.69) is 21.7 Å². The van der Waals surface area contributed by atoms with E-state index in [1.807, 2.05) is 38.1 Å². The van der Waals surface area contributed by atoms with Gasteiger partial charge in [-0.3, -0.25) is 9.69 Å². The molecule has 1 unspecified atom stereocenters. The summed E-state index contributed by atoms with van der Waals surface area (Å²) in [6, 6.07) is 8.01. The summed E-state index contributed by atoms with van der Waals surface area (Å²) in [5.74, 6) is 0.236. The van der Waals surface area contributed by atoms with E-state index in [4.69, 9.17) is 0 Å². The first kappa shape index (κ1) is 15.3. The minimum atomic E-state index is -0.0584. The van der Waals surface area contributed by atoms with Crippen LogP contribution in [0.4, 0.5) is 0 Å².